The summed E-state index contributed by atoms with van der Waals surface area (Å²) in [5, 5.41) is 7.33. The zero-order valence-electron chi connectivity index (χ0n) is 14.0. The Morgan fingerprint density at radius 3 is 2.61 bits per heavy atom. The Morgan fingerprint density at radius 1 is 1.35 bits per heavy atom. The van der Waals surface area contributed by atoms with E-state index in [-0.39, 0.29) is 5.91 Å². The summed E-state index contributed by atoms with van der Waals surface area (Å²) in [5.74, 6) is 0.986. The second-order valence-corrected chi connectivity index (χ2v) is 6.45. The number of methoxy groups -OCH3 is 1. The topological polar surface area (TPSA) is 70.8 Å². The lowest BCUT2D eigenvalue weighted by Gasteiger charge is -2.42. The van der Waals surface area contributed by atoms with Crippen molar-refractivity contribution < 1.29 is 14.1 Å². The highest BCUT2D eigenvalue weighted by atomic mass is 16.5. The Bertz CT molecular complexity index is 531. The third-order valence-corrected chi connectivity index (χ3v) is 4.91. The number of piperidine rings is 1. The molecule has 7 heteroatoms. The van der Waals surface area contributed by atoms with Crippen LogP contribution in [0.2, 0.25) is 0 Å². The number of nitrogens with zero attached hydrogens (tertiary/aromatic N) is 3. The number of aromatic nitrogens is 1. The highest BCUT2D eigenvalue weighted by Crippen LogP contribution is 2.26. The zero-order chi connectivity index (χ0) is 16.3. The van der Waals surface area contributed by atoms with Gasteiger partial charge in [0.05, 0.1) is 5.69 Å². The third-order valence-electron chi connectivity index (χ3n) is 4.91. The molecule has 1 N–H and O–H groups in total. The summed E-state index contributed by atoms with van der Waals surface area (Å²) in [7, 11) is 1.66. The average molecular weight is 322 g/mol. The fourth-order valence-corrected chi connectivity index (χ4v) is 3.45. The van der Waals surface area contributed by atoms with E-state index in [0.29, 0.717) is 0 Å². The SMILES string of the molecule is COC1(C(=O)N2CCN(Cc3cc(C)on3)CC2)CCNCC1. The number of amides is 1. The van der Waals surface area contributed by atoms with Gasteiger partial charge in [-0.15, -0.1) is 0 Å². The number of piperazine rings is 1. The van der Waals surface area contributed by atoms with Crippen molar-refractivity contribution >= 4 is 5.91 Å². The quantitative estimate of drug-likeness (QED) is 0.865. The number of aryl methyl sites for hydroxylation is 1. The largest absolute Gasteiger partial charge is 0.368 e. The lowest BCUT2D eigenvalue weighted by Crippen LogP contribution is -2.59. The maximum absolute atomic E-state index is 12.9. The Labute approximate surface area is 136 Å². The highest BCUT2D eigenvalue weighted by Gasteiger charge is 2.42. The van der Waals surface area contributed by atoms with Gasteiger partial charge in [0, 0.05) is 45.9 Å². The summed E-state index contributed by atoms with van der Waals surface area (Å²) in [6.07, 6.45) is 1.50. The first-order valence-corrected chi connectivity index (χ1v) is 8.33. The molecule has 7 nitrogen and oxygen atoms in total. The third kappa shape index (κ3) is 3.57. The van der Waals surface area contributed by atoms with Gasteiger partial charge in [-0.25, -0.2) is 0 Å². The van der Waals surface area contributed by atoms with Gasteiger partial charge in [0.1, 0.15) is 11.4 Å². The Kier molecular flexibility index (Phi) is 4.99. The lowest BCUT2D eigenvalue weighted by molar-refractivity contribution is -0.160. The Hall–Kier alpha value is -1.44. The summed E-state index contributed by atoms with van der Waals surface area (Å²) >= 11 is 0. The van der Waals surface area contributed by atoms with E-state index < -0.39 is 5.60 Å². The van der Waals surface area contributed by atoms with Crippen molar-refractivity contribution in [2.75, 3.05) is 46.4 Å². The molecule has 128 valence electrons. The van der Waals surface area contributed by atoms with Crippen LogP contribution in [0.3, 0.4) is 0 Å². The maximum atomic E-state index is 12.9. The van der Waals surface area contributed by atoms with E-state index in [0.717, 1.165) is 70.1 Å². The molecule has 0 saturated carbocycles. The molecular formula is C16H26N4O3. The van der Waals surface area contributed by atoms with Gasteiger partial charge in [0.15, 0.2) is 0 Å². The predicted molar refractivity (Wildman–Crippen MR) is 84.9 cm³/mol. The van der Waals surface area contributed by atoms with Crippen LogP contribution in [0.5, 0.6) is 0 Å². The molecule has 2 saturated heterocycles. The molecule has 23 heavy (non-hydrogen) atoms. The highest BCUT2D eigenvalue weighted by molar-refractivity contribution is 5.85. The van der Waals surface area contributed by atoms with Gasteiger partial charge in [-0.2, -0.15) is 0 Å². The van der Waals surface area contributed by atoms with E-state index in [4.69, 9.17) is 9.26 Å². The molecule has 0 bridgehead atoms. The van der Waals surface area contributed by atoms with Crippen LogP contribution in [0.15, 0.2) is 10.6 Å². The number of nitrogens with one attached hydrogen (secondary N) is 1. The predicted octanol–water partition coefficient (Wildman–Crippen LogP) is 0.396. The first-order chi connectivity index (χ1) is 11.1. The molecule has 3 heterocycles. The van der Waals surface area contributed by atoms with Gasteiger partial charge in [0.2, 0.25) is 0 Å². The Balaban J connectivity index is 1.54. The smallest absolute Gasteiger partial charge is 0.254 e. The van der Waals surface area contributed by atoms with Gasteiger partial charge < -0.3 is 19.5 Å². The van der Waals surface area contributed by atoms with E-state index in [2.05, 4.69) is 15.4 Å². The van der Waals surface area contributed by atoms with Gasteiger partial charge in [0.25, 0.3) is 5.91 Å². The minimum atomic E-state index is -0.628. The molecule has 2 fully saturated rings. The van der Waals surface area contributed by atoms with Crippen LogP contribution >= 0.6 is 0 Å². The molecule has 0 atom stereocenters. The monoisotopic (exact) mass is 322 g/mol. The number of carbonyl (C=O) groups is 1. The Morgan fingerprint density at radius 2 is 2.04 bits per heavy atom. The van der Waals surface area contributed by atoms with Gasteiger partial charge >= 0.3 is 0 Å². The molecule has 0 unspecified atom stereocenters. The molecule has 1 amide bonds. The summed E-state index contributed by atoms with van der Waals surface area (Å²) in [5.41, 5.74) is 0.324. The summed E-state index contributed by atoms with van der Waals surface area (Å²) in [6.45, 7) is 7.55. The van der Waals surface area contributed by atoms with Crippen LogP contribution in [0.25, 0.3) is 0 Å². The molecule has 0 radical (unpaired) electrons. The second-order valence-electron chi connectivity index (χ2n) is 6.45. The normalized spacial score (nSPS) is 22.3. The molecule has 0 spiro atoms. The zero-order valence-corrected chi connectivity index (χ0v) is 14.0. The molecule has 2 aliphatic rings. The fourth-order valence-electron chi connectivity index (χ4n) is 3.45. The van der Waals surface area contributed by atoms with Crippen molar-refractivity contribution in [2.24, 2.45) is 0 Å². The lowest BCUT2D eigenvalue weighted by atomic mass is 9.90. The molecular weight excluding hydrogens is 296 g/mol. The second kappa shape index (κ2) is 6.98. The van der Waals surface area contributed by atoms with Crippen LogP contribution in [0.4, 0.5) is 0 Å². The van der Waals surface area contributed by atoms with Crippen molar-refractivity contribution in [1.29, 1.82) is 0 Å². The van der Waals surface area contributed by atoms with Crippen LogP contribution < -0.4 is 5.32 Å². The standard InChI is InChI=1S/C16H26N4O3/c1-13-11-14(18-23-13)12-19-7-9-20(10-8-19)15(21)16(22-2)3-5-17-6-4-16/h11,17H,3-10,12H2,1-2H3. The van der Waals surface area contributed by atoms with Gasteiger partial charge in [-0.1, -0.05) is 5.16 Å². The first kappa shape index (κ1) is 16.4. The van der Waals surface area contributed by atoms with Crippen molar-refractivity contribution in [3.8, 4) is 0 Å². The van der Waals surface area contributed by atoms with E-state index >= 15 is 0 Å². The van der Waals surface area contributed by atoms with Crippen LogP contribution in [0.1, 0.15) is 24.3 Å². The van der Waals surface area contributed by atoms with E-state index in [1.807, 2.05) is 17.9 Å². The number of carbonyl (C=O) groups excluding carboxylic acids is 1. The number of hydrogen-bond donors (Lipinski definition) is 1. The van der Waals surface area contributed by atoms with Crippen molar-refractivity contribution in [3.63, 3.8) is 0 Å². The molecule has 3 rings (SSSR count). The van der Waals surface area contributed by atoms with E-state index in [1.54, 1.807) is 7.11 Å². The van der Waals surface area contributed by atoms with Crippen molar-refractivity contribution in [3.05, 3.63) is 17.5 Å². The fraction of sp³-hybridized carbons (Fsp3) is 0.750. The molecule has 1 aromatic rings. The molecule has 2 aliphatic heterocycles. The molecule has 0 aromatic carbocycles. The van der Waals surface area contributed by atoms with Crippen molar-refractivity contribution in [1.82, 2.24) is 20.3 Å². The van der Waals surface area contributed by atoms with Crippen molar-refractivity contribution in [2.45, 2.75) is 31.9 Å². The van der Waals surface area contributed by atoms with Gasteiger partial charge in [-0.3, -0.25) is 9.69 Å². The average Bonchev–Trinajstić information content (AvgIpc) is 3.00. The maximum Gasteiger partial charge on any atom is 0.254 e. The summed E-state index contributed by atoms with van der Waals surface area (Å²) in [4.78, 5) is 17.2. The molecule has 0 aliphatic carbocycles. The van der Waals surface area contributed by atoms with Crippen LogP contribution in [0, 0.1) is 6.92 Å². The number of hydrogen-bond acceptors (Lipinski definition) is 6. The molecule has 1 aromatic heterocycles. The van der Waals surface area contributed by atoms with Crippen LogP contribution in [-0.2, 0) is 16.1 Å². The summed E-state index contributed by atoms with van der Waals surface area (Å²) < 4.78 is 10.8. The number of rotatable bonds is 4. The number of ether oxygens (including phenoxy) is 1. The summed E-state index contributed by atoms with van der Waals surface area (Å²) in [6, 6.07) is 1.96. The first-order valence-electron chi connectivity index (χ1n) is 8.33. The van der Waals surface area contributed by atoms with Gasteiger partial charge in [-0.05, 0) is 32.9 Å². The minimum Gasteiger partial charge on any atom is -0.368 e. The minimum absolute atomic E-state index is 0.151. The van der Waals surface area contributed by atoms with E-state index in [1.165, 1.54) is 0 Å². The van der Waals surface area contributed by atoms with E-state index in [9.17, 15) is 4.79 Å². The van der Waals surface area contributed by atoms with Crippen LogP contribution in [-0.4, -0.2) is 72.8 Å².